The molecule has 0 aliphatic rings. The number of hydrogen-bond acceptors (Lipinski definition) is 4. The number of nitrogens with one attached hydrogen (secondary N) is 1. The Balaban J connectivity index is 1.64. The number of carbonyl (C=O) groups is 1. The van der Waals surface area contributed by atoms with E-state index in [0.29, 0.717) is 11.3 Å². The van der Waals surface area contributed by atoms with Crippen molar-refractivity contribution in [2.24, 2.45) is 5.10 Å². The van der Waals surface area contributed by atoms with E-state index in [1.165, 1.54) is 6.20 Å². The van der Waals surface area contributed by atoms with Crippen LogP contribution in [0, 0.1) is 0 Å². The topological polar surface area (TPSA) is 67.5 Å². The van der Waals surface area contributed by atoms with E-state index in [1.807, 2.05) is 49.4 Å². The molecule has 0 fully saturated rings. The van der Waals surface area contributed by atoms with Gasteiger partial charge in [0.2, 0.25) is 0 Å². The molecule has 2 aromatic heterocycles. The van der Waals surface area contributed by atoms with Crippen LogP contribution >= 0.6 is 0 Å². The Bertz CT molecular complexity index is 1100. The number of rotatable bonds is 3. The highest BCUT2D eigenvalue weighted by atomic mass is 16.3. The van der Waals surface area contributed by atoms with E-state index in [-0.39, 0.29) is 5.91 Å². The monoisotopic (exact) mass is 329 g/mol. The molecule has 0 aliphatic heterocycles. The molecular weight excluding hydrogens is 314 g/mol. The van der Waals surface area contributed by atoms with Crippen molar-refractivity contribution in [3.63, 3.8) is 0 Å². The average molecular weight is 329 g/mol. The number of amides is 1. The summed E-state index contributed by atoms with van der Waals surface area (Å²) in [5, 5.41) is 6.29. The largest absolute Gasteiger partial charge is 0.456 e. The zero-order chi connectivity index (χ0) is 17.2. The number of para-hydroxylation sites is 1. The number of hydrazone groups is 1. The van der Waals surface area contributed by atoms with Gasteiger partial charge >= 0.3 is 0 Å². The van der Waals surface area contributed by atoms with Gasteiger partial charge in [-0.2, -0.15) is 5.10 Å². The average Bonchev–Trinajstić information content (AvgIpc) is 3.04. The Morgan fingerprint density at radius 3 is 2.68 bits per heavy atom. The molecule has 5 nitrogen and oxygen atoms in total. The molecular formula is C20H15N3O2. The summed E-state index contributed by atoms with van der Waals surface area (Å²) in [5.74, 6) is -0.290. The van der Waals surface area contributed by atoms with E-state index in [9.17, 15) is 4.79 Å². The van der Waals surface area contributed by atoms with Gasteiger partial charge in [0.15, 0.2) is 0 Å². The normalized spacial score (nSPS) is 11.8. The summed E-state index contributed by atoms with van der Waals surface area (Å²) in [5.41, 5.74) is 6.35. The van der Waals surface area contributed by atoms with Crippen molar-refractivity contribution in [1.29, 1.82) is 0 Å². The molecule has 4 rings (SSSR count). The lowest BCUT2D eigenvalue weighted by atomic mass is 10.1. The van der Waals surface area contributed by atoms with Crippen molar-refractivity contribution >= 4 is 33.6 Å². The van der Waals surface area contributed by atoms with Crippen molar-refractivity contribution in [2.75, 3.05) is 0 Å². The molecule has 0 saturated heterocycles. The molecule has 2 aromatic carbocycles. The van der Waals surface area contributed by atoms with Gasteiger partial charge in [-0.05, 0) is 48.9 Å². The van der Waals surface area contributed by atoms with Crippen molar-refractivity contribution in [3.8, 4) is 0 Å². The molecule has 0 bridgehead atoms. The summed E-state index contributed by atoms with van der Waals surface area (Å²) in [6, 6.07) is 17.2. The second-order valence-corrected chi connectivity index (χ2v) is 5.69. The zero-order valence-electron chi connectivity index (χ0n) is 13.6. The van der Waals surface area contributed by atoms with E-state index >= 15 is 0 Å². The number of nitrogens with zero attached hydrogens (tertiary/aromatic N) is 2. The molecule has 0 atom stereocenters. The lowest BCUT2D eigenvalue weighted by Gasteiger charge is -2.03. The van der Waals surface area contributed by atoms with Crippen molar-refractivity contribution in [3.05, 3.63) is 78.1 Å². The third-order valence-corrected chi connectivity index (χ3v) is 4.04. The van der Waals surface area contributed by atoms with E-state index in [1.54, 1.807) is 18.3 Å². The Kier molecular flexibility index (Phi) is 3.74. The molecule has 0 unspecified atom stereocenters. The number of furan rings is 1. The highest BCUT2D eigenvalue weighted by Crippen LogP contribution is 2.29. The van der Waals surface area contributed by atoms with E-state index in [4.69, 9.17) is 4.42 Å². The lowest BCUT2D eigenvalue weighted by Crippen LogP contribution is -2.19. The van der Waals surface area contributed by atoms with Crippen LogP contribution in [0.5, 0.6) is 0 Å². The van der Waals surface area contributed by atoms with Crippen LogP contribution in [-0.2, 0) is 0 Å². The minimum Gasteiger partial charge on any atom is -0.456 e. The predicted octanol–water partition coefficient (Wildman–Crippen LogP) is 4.14. The van der Waals surface area contributed by atoms with Gasteiger partial charge in [-0.25, -0.2) is 5.43 Å². The standard InChI is InChI=1S/C20H15N3O2/c1-13(22-23-20(24)15-5-4-10-21-12-15)14-8-9-19-17(11-14)16-6-2-3-7-18(16)25-19/h2-12H,1H3,(H,23,24)/b22-13+. The van der Waals surface area contributed by atoms with Crippen LogP contribution in [0.25, 0.3) is 21.9 Å². The van der Waals surface area contributed by atoms with Crippen LogP contribution in [0.2, 0.25) is 0 Å². The molecule has 25 heavy (non-hydrogen) atoms. The molecule has 1 N–H and O–H groups in total. The van der Waals surface area contributed by atoms with Crippen LogP contribution in [0.15, 0.2) is 76.5 Å². The van der Waals surface area contributed by atoms with Crippen LogP contribution in [0.1, 0.15) is 22.8 Å². The highest BCUT2D eigenvalue weighted by Gasteiger charge is 2.09. The first-order valence-electron chi connectivity index (χ1n) is 7.89. The fraction of sp³-hybridized carbons (Fsp3) is 0.0500. The number of carbonyl (C=O) groups excluding carboxylic acids is 1. The van der Waals surface area contributed by atoms with Crippen LogP contribution < -0.4 is 5.43 Å². The van der Waals surface area contributed by atoms with Crippen molar-refractivity contribution in [1.82, 2.24) is 10.4 Å². The molecule has 0 radical (unpaired) electrons. The molecule has 0 saturated carbocycles. The summed E-state index contributed by atoms with van der Waals surface area (Å²) in [6.45, 7) is 1.85. The van der Waals surface area contributed by atoms with Crippen LogP contribution in [0.4, 0.5) is 0 Å². The lowest BCUT2D eigenvalue weighted by molar-refractivity contribution is 0.0954. The summed E-state index contributed by atoms with van der Waals surface area (Å²) in [7, 11) is 0. The molecule has 5 heteroatoms. The molecule has 0 spiro atoms. The third-order valence-electron chi connectivity index (χ3n) is 4.04. The Labute approximate surface area is 144 Å². The Morgan fingerprint density at radius 2 is 1.84 bits per heavy atom. The zero-order valence-corrected chi connectivity index (χ0v) is 13.6. The van der Waals surface area contributed by atoms with Gasteiger partial charge in [-0.15, -0.1) is 0 Å². The summed E-state index contributed by atoms with van der Waals surface area (Å²) >= 11 is 0. The van der Waals surface area contributed by atoms with E-state index in [0.717, 1.165) is 27.5 Å². The second kappa shape index (κ2) is 6.20. The quantitative estimate of drug-likeness (QED) is 0.454. The number of hydrogen-bond donors (Lipinski definition) is 1. The molecule has 4 aromatic rings. The maximum Gasteiger partial charge on any atom is 0.272 e. The molecule has 122 valence electrons. The highest BCUT2D eigenvalue weighted by molar-refractivity contribution is 6.09. The molecule has 1 amide bonds. The SMILES string of the molecule is C/C(=N\NC(=O)c1cccnc1)c1ccc2oc3ccccc3c2c1. The maximum atomic E-state index is 12.1. The first kappa shape index (κ1) is 15.1. The second-order valence-electron chi connectivity index (χ2n) is 5.69. The van der Waals surface area contributed by atoms with Gasteiger partial charge < -0.3 is 4.42 Å². The van der Waals surface area contributed by atoms with Gasteiger partial charge in [0, 0.05) is 23.2 Å². The number of aromatic nitrogens is 1. The molecule has 2 heterocycles. The van der Waals surface area contributed by atoms with Crippen LogP contribution in [-0.4, -0.2) is 16.6 Å². The first-order valence-corrected chi connectivity index (χ1v) is 7.89. The van der Waals surface area contributed by atoms with Gasteiger partial charge in [0.25, 0.3) is 5.91 Å². The van der Waals surface area contributed by atoms with Crippen molar-refractivity contribution < 1.29 is 9.21 Å². The molecule has 0 aliphatic carbocycles. The minimum atomic E-state index is -0.290. The van der Waals surface area contributed by atoms with Gasteiger partial charge in [0.1, 0.15) is 11.2 Å². The number of benzene rings is 2. The first-order chi connectivity index (χ1) is 12.2. The van der Waals surface area contributed by atoms with Crippen molar-refractivity contribution in [2.45, 2.75) is 6.92 Å². The number of fused-ring (bicyclic) bond motifs is 3. The fourth-order valence-electron chi connectivity index (χ4n) is 2.71. The summed E-state index contributed by atoms with van der Waals surface area (Å²) in [6.07, 6.45) is 3.12. The maximum absolute atomic E-state index is 12.1. The summed E-state index contributed by atoms with van der Waals surface area (Å²) < 4.78 is 5.83. The summed E-state index contributed by atoms with van der Waals surface area (Å²) in [4.78, 5) is 16.0. The minimum absolute atomic E-state index is 0.290. The number of pyridine rings is 1. The fourth-order valence-corrected chi connectivity index (χ4v) is 2.71. The Morgan fingerprint density at radius 1 is 1.00 bits per heavy atom. The third kappa shape index (κ3) is 2.87. The Hall–Kier alpha value is -3.47. The van der Waals surface area contributed by atoms with Crippen LogP contribution in [0.3, 0.4) is 0 Å². The van der Waals surface area contributed by atoms with Gasteiger partial charge in [-0.1, -0.05) is 18.2 Å². The van der Waals surface area contributed by atoms with E-state index in [2.05, 4.69) is 15.5 Å². The van der Waals surface area contributed by atoms with Gasteiger partial charge in [0.05, 0.1) is 11.3 Å². The smallest absolute Gasteiger partial charge is 0.272 e. The van der Waals surface area contributed by atoms with E-state index < -0.39 is 0 Å². The van der Waals surface area contributed by atoms with Gasteiger partial charge in [-0.3, -0.25) is 9.78 Å². The predicted molar refractivity (Wildman–Crippen MR) is 97.6 cm³/mol.